The summed E-state index contributed by atoms with van der Waals surface area (Å²) in [5, 5.41) is 0. The van der Waals surface area contributed by atoms with Crippen LogP contribution in [0.5, 0.6) is 0 Å². The van der Waals surface area contributed by atoms with Crippen molar-refractivity contribution in [2.75, 3.05) is 6.61 Å². The van der Waals surface area contributed by atoms with Crippen molar-refractivity contribution in [3.63, 3.8) is 0 Å². The molecule has 0 fully saturated rings. The van der Waals surface area contributed by atoms with Crippen molar-refractivity contribution in [3.8, 4) is 0 Å². The monoisotopic (exact) mass is 266 g/mol. The van der Waals surface area contributed by atoms with Gasteiger partial charge in [0.1, 0.15) is 0 Å². The van der Waals surface area contributed by atoms with Gasteiger partial charge < -0.3 is 4.74 Å². The first-order chi connectivity index (χ1) is 9.22. The van der Waals surface area contributed by atoms with E-state index in [0.717, 1.165) is 12.8 Å². The summed E-state index contributed by atoms with van der Waals surface area (Å²) >= 11 is 0. The van der Waals surface area contributed by atoms with Crippen LogP contribution in [0.25, 0.3) is 0 Å². The second-order valence-electron chi connectivity index (χ2n) is 4.32. The van der Waals surface area contributed by atoms with Gasteiger partial charge in [-0.25, -0.2) is 4.79 Å². The molecule has 0 atom stereocenters. The van der Waals surface area contributed by atoms with Gasteiger partial charge in [-0.3, -0.25) is 0 Å². The molecule has 0 aromatic carbocycles. The van der Waals surface area contributed by atoms with Gasteiger partial charge in [0, 0.05) is 6.08 Å². The molecule has 2 heteroatoms. The minimum atomic E-state index is -0.307. The molecule has 0 aliphatic heterocycles. The molecule has 19 heavy (non-hydrogen) atoms. The lowest BCUT2D eigenvalue weighted by Crippen LogP contribution is -2.01. The summed E-state index contributed by atoms with van der Waals surface area (Å²) in [6.45, 7) is 12.8. The van der Waals surface area contributed by atoms with Crippen LogP contribution in [0.15, 0.2) is 38.0 Å². The third-order valence-electron chi connectivity index (χ3n) is 2.58. The van der Waals surface area contributed by atoms with Crippen LogP contribution in [-0.2, 0) is 9.53 Å². The zero-order valence-corrected chi connectivity index (χ0v) is 12.5. The minimum absolute atomic E-state index is 0.307. The van der Waals surface area contributed by atoms with Crippen molar-refractivity contribution in [2.45, 2.75) is 58.3 Å². The number of hydrogen-bond donors (Lipinski definition) is 0. The van der Waals surface area contributed by atoms with Crippen LogP contribution in [-0.4, -0.2) is 12.6 Å². The number of carbonyl (C=O) groups excluding carboxylic acids is 1. The highest BCUT2D eigenvalue weighted by Gasteiger charge is 1.95. The van der Waals surface area contributed by atoms with Crippen LogP contribution in [0.1, 0.15) is 58.3 Å². The largest absolute Gasteiger partial charge is 0.463 e. The average molecular weight is 266 g/mol. The summed E-state index contributed by atoms with van der Waals surface area (Å²) in [6, 6.07) is 0. The van der Waals surface area contributed by atoms with Gasteiger partial charge in [-0.15, -0.1) is 0 Å². The van der Waals surface area contributed by atoms with E-state index in [0.29, 0.717) is 6.61 Å². The Hall–Kier alpha value is -1.31. The molecule has 0 aliphatic rings. The van der Waals surface area contributed by atoms with Crippen LogP contribution in [0.3, 0.4) is 0 Å². The number of ether oxygens (including phenoxy) is 1. The predicted molar refractivity (Wildman–Crippen MR) is 84.2 cm³/mol. The Balaban J connectivity index is 0. The lowest BCUT2D eigenvalue weighted by Gasteiger charge is -2.02. The zero-order chi connectivity index (χ0) is 14.8. The number of esters is 1. The fraction of sp³-hybridized carbons (Fsp3) is 0.588. The number of rotatable bonds is 11. The van der Waals surface area contributed by atoms with E-state index in [9.17, 15) is 4.79 Å². The van der Waals surface area contributed by atoms with Gasteiger partial charge >= 0.3 is 5.97 Å². The normalized spacial score (nSPS) is 8.89. The Morgan fingerprint density at radius 2 is 1.37 bits per heavy atom. The van der Waals surface area contributed by atoms with Gasteiger partial charge in [-0.1, -0.05) is 83.8 Å². The number of hydrogen-bond acceptors (Lipinski definition) is 2. The summed E-state index contributed by atoms with van der Waals surface area (Å²) in [6.07, 6.45) is 14.6. The number of carbonyl (C=O) groups is 1. The molecule has 0 bridgehead atoms. The van der Waals surface area contributed by atoms with Crippen LogP contribution >= 0.6 is 0 Å². The molecule has 0 saturated carbocycles. The Morgan fingerprint density at radius 1 is 0.895 bits per heavy atom. The van der Waals surface area contributed by atoms with E-state index in [2.05, 4.69) is 26.7 Å². The predicted octanol–water partition coefficient (Wildman–Crippen LogP) is 5.21. The maximum absolute atomic E-state index is 10.7. The van der Waals surface area contributed by atoms with Gasteiger partial charge in [0.15, 0.2) is 0 Å². The highest BCUT2D eigenvalue weighted by Crippen LogP contribution is 2.08. The summed E-state index contributed by atoms with van der Waals surface area (Å²) in [5.41, 5.74) is 0. The topological polar surface area (TPSA) is 26.3 Å². The van der Waals surface area contributed by atoms with Crippen molar-refractivity contribution in [2.24, 2.45) is 0 Å². The van der Waals surface area contributed by atoms with Crippen molar-refractivity contribution >= 4 is 5.97 Å². The van der Waals surface area contributed by atoms with E-state index in [1.807, 2.05) is 0 Å². The van der Waals surface area contributed by atoms with Crippen LogP contribution in [0.4, 0.5) is 0 Å². The standard InChI is InChI=1S/C13H24O2.C4H6/c1-3-5-6-7-8-9-10-11-12-15-13(14)4-2;1-3-4-2/h4H,2-3,5-12H2,1H3;3-4H,1-2H2. The smallest absolute Gasteiger partial charge is 0.330 e. The molecular weight excluding hydrogens is 236 g/mol. The van der Waals surface area contributed by atoms with E-state index >= 15 is 0 Å². The zero-order valence-electron chi connectivity index (χ0n) is 12.5. The van der Waals surface area contributed by atoms with Gasteiger partial charge in [0.25, 0.3) is 0 Å². The van der Waals surface area contributed by atoms with Crippen molar-refractivity contribution in [1.82, 2.24) is 0 Å². The Kier molecular flexibility index (Phi) is 20.1. The maximum Gasteiger partial charge on any atom is 0.330 e. The molecular formula is C17H30O2. The van der Waals surface area contributed by atoms with E-state index in [-0.39, 0.29) is 5.97 Å². The maximum atomic E-state index is 10.7. The van der Waals surface area contributed by atoms with Gasteiger partial charge in [-0.2, -0.15) is 0 Å². The third kappa shape index (κ3) is 22.4. The molecule has 0 aromatic rings. The Bertz CT molecular complexity index is 225. The van der Waals surface area contributed by atoms with E-state index in [1.165, 1.54) is 44.6 Å². The molecule has 0 N–H and O–H groups in total. The van der Waals surface area contributed by atoms with Gasteiger partial charge in [-0.05, 0) is 6.42 Å². The molecule has 0 spiro atoms. The molecule has 0 unspecified atom stereocenters. The van der Waals surface area contributed by atoms with Crippen LogP contribution in [0.2, 0.25) is 0 Å². The first kappa shape index (κ1) is 20.0. The molecule has 0 saturated heterocycles. The second-order valence-corrected chi connectivity index (χ2v) is 4.32. The molecule has 0 aliphatic carbocycles. The third-order valence-corrected chi connectivity index (χ3v) is 2.58. The Labute approximate surface area is 119 Å². The molecule has 0 rings (SSSR count). The highest BCUT2D eigenvalue weighted by atomic mass is 16.5. The van der Waals surface area contributed by atoms with E-state index < -0.39 is 0 Å². The van der Waals surface area contributed by atoms with Gasteiger partial charge in [0.05, 0.1) is 6.61 Å². The lowest BCUT2D eigenvalue weighted by molar-refractivity contribution is -0.137. The summed E-state index contributed by atoms with van der Waals surface area (Å²) in [4.78, 5) is 10.7. The highest BCUT2D eigenvalue weighted by molar-refractivity contribution is 5.81. The van der Waals surface area contributed by atoms with Crippen molar-refractivity contribution in [1.29, 1.82) is 0 Å². The van der Waals surface area contributed by atoms with Crippen LogP contribution < -0.4 is 0 Å². The SMILES string of the molecule is C=CC(=O)OCCCCCCCCCC.C=CC=C. The van der Waals surface area contributed by atoms with Crippen molar-refractivity contribution in [3.05, 3.63) is 38.0 Å². The average Bonchev–Trinajstić information content (AvgIpc) is 2.45. The summed E-state index contributed by atoms with van der Waals surface area (Å²) < 4.78 is 4.88. The van der Waals surface area contributed by atoms with Gasteiger partial charge in [0.2, 0.25) is 0 Å². The number of unbranched alkanes of at least 4 members (excludes halogenated alkanes) is 7. The molecule has 0 heterocycles. The summed E-state index contributed by atoms with van der Waals surface area (Å²) in [5.74, 6) is -0.307. The van der Waals surface area contributed by atoms with Crippen LogP contribution in [0, 0.1) is 0 Å². The molecule has 110 valence electrons. The fourth-order valence-corrected chi connectivity index (χ4v) is 1.47. The van der Waals surface area contributed by atoms with Crippen molar-refractivity contribution < 1.29 is 9.53 Å². The Morgan fingerprint density at radius 3 is 1.79 bits per heavy atom. The van der Waals surface area contributed by atoms with E-state index in [4.69, 9.17) is 4.74 Å². The molecule has 0 radical (unpaired) electrons. The molecule has 0 amide bonds. The lowest BCUT2D eigenvalue weighted by atomic mass is 10.1. The quantitative estimate of drug-likeness (QED) is 0.222. The fourth-order valence-electron chi connectivity index (χ4n) is 1.47. The first-order valence-electron chi connectivity index (χ1n) is 7.25. The first-order valence-corrected chi connectivity index (χ1v) is 7.25. The second kappa shape index (κ2) is 19.0. The molecule has 0 aromatic heterocycles. The number of allylic oxidation sites excluding steroid dienone is 2. The minimum Gasteiger partial charge on any atom is -0.463 e. The van der Waals surface area contributed by atoms with E-state index in [1.54, 1.807) is 12.2 Å². The summed E-state index contributed by atoms with van der Waals surface area (Å²) in [7, 11) is 0. The molecule has 2 nitrogen and oxygen atoms in total.